The lowest BCUT2D eigenvalue weighted by molar-refractivity contribution is -0.143. The zero-order chi connectivity index (χ0) is 18.4. The highest BCUT2D eigenvalue weighted by Gasteiger charge is 2.37. The molecule has 3 heterocycles. The van der Waals surface area contributed by atoms with Crippen LogP contribution in [0, 0.1) is 0 Å². The predicted molar refractivity (Wildman–Crippen MR) is 103 cm³/mol. The molecule has 0 fully saturated rings. The average molecular weight is 434 g/mol. The summed E-state index contributed by atoms with van der Waals surface area (Å²) in [6.07, 6.45) is -0.221. The molecule has 0 aliphatic carbocycles. The van der Waals surface area contributed by atoms with E-state index in [0.717, 1.165) is 19.4 Å². The van der Waals surface area contributed by atoms with Gasteiger partial charge >= 0.3 is 5.97 Å². The van der Waals surface area contributed by atoms with Crippen LogP contribution in [0.3, 0.4) is 0 Å². The van der Waals surface area contributed by atoms with Crippen molar-refractivity contribution in [3.8, 4) is 0 Å². The lowest BCUT2D eigenvalue weighted by Gasteiger charge is -2.28. The monoisotopic (exact) mass is 433 g/mol. The van der Waals surface area contributed by atoms with Crippen molar-refractivity contribution >= 4 is 49.3 Å². The molecular weight excluding hydrogens is 418 g/mol. The number of halogens is 1. The highest BCUT2D eigenvalue weighted by Crippen LogP contribution is 2.45. The molecule has 134 valence electrons. The van der Waals surface area contributed by atoms with Crippen LogP contribution in [-0.4, -0.2) is 32.3 Å². The highest BCUT2D eigenvalue weighted by molar-refractivity contribution is 9.11. The number of thiophene rings is 1. The summed E-state index contributed by atoms with van der Waals surface area (Å²) >= 11 is 5.29. The number of benzene rings is 1. The number of hydrogen-bond acceptors (Lipinski definition) is 7. The largest absolute Gasteiger partial charge is 0.459 e. The van der Waals surface area contributed by atoms with Gasteiger partial charge < -0.3 is 10.1 Å². The van der Waals surface area contributed by atoms with Crippen molar-refractivity contribution in [3.05, 3.63) is 44.9 Å². The Morgan fingerprint density at radius 2 is 2.15 bits per heavy atom. The van der Waals surface area contributed by atoms with Gasteiger partial charge in [0, 0.05) is 16.0 Å². The predicted octanol–water partition coefficient (Wildman–Crippen LogP) is 3.89. The van der Waals surface area contributed by atoms with Crippen LogP contribution in [0.5, 0.6) is 0 Å². The van der Waals surface area contributed by atoms with Gasteiger partial charge in [0.15, 0.2) is 0 Å². The van der Waals surface area contributed by atoms with E-state index >= 15 is 0 Å². The third-order valence-corrected chi connectivity index (χ3v) is 6.03. The summed E-state index contributed by atoms with van der Waals surface area (Å²) in [5.41, 5.74) is 2.14. The molecule has 0 radical (unpaired) electrons. The van der Waals surface area contributed by atoms with Crippen LogP contribution in [0.1, 0.15) is 32.4 Å². The second-order valence-corrected chi connectivity index (χ2v) is 8.62. The Balaban J connectivity index is 1.96. The number of rotatable bonds is 3. The number of fused-ring (bicyclic) bond motifs is 2. The summed E-state index contributed by atoms with van der Waals surface area (Å²) in [5.74, 6) is 0.120. The van der Waals surface area contributed by atoms with E-state index in [0.29, 0.717) is 17.2 Å². The molecule has 26 heavy (non-hydrogen) atoms. The van der Waals surface area contributed by atoms with Crippen LogP contribution < -0.4 is 5.32 Å². The first-order chi connectivity index (χ1) is 12.5. The van der Waals surface area contributed by atoms with Crippen molar-refractivity contribution in [3.63, 3.8) is 0 Å². The van der Waals surface area contributed by atoms with Crippen molar-refractivity contribution in [2.75, 3.05) is 5.32 Å². The fourth-order valence-electron chi connectivity index (χ4n) is 3.11. The summed E-state index contributed by atoms with van der Waals surface area (Å²) in [4.78, 5) is 12.9. The van der Waals surface area contributed by atoms with Gasteiger partial charge in [-0.15, -0.1) is 11.3 Å². The molecule has 1 aliphatic rings. The molecule has 7 nitrogen and oxygen atoms in total. The molecule has 1 N–H and O–H groups in total. The van der Waals surface area contributed by atoms with Gasteiger partial charge in [-0.25, -0.2) is 4.79 Å². The van der Waals surface area contributed by atoms with Crippen molar-refractivity contribution in [2.24, 2.45) is 0 Å². The van der Waals surface area contributed by atoms with E-state index in [2.05, 4.69) is 42.8 Å². The number of allylic oxidation sites excluding steroid dienone is 1. The maximum atomic E-state index is 12.9. The van der Waals surface area contributed by atoms with Crippen molar-refractivity contribution in [2.45, 2.75) is 32.9 Å². The van der Waals surface area contributed by atoms with Crippen LogP contribution >= 0.6 is 27.3 Å². The van der Waals surface area contributed by atoms with E-state index in [4.69, 9.17) is 4.74 Å². The Hall–Kier alpha value is -2.26. The van der Waals surface area contributed by atoms with E-state index in [1.165, 1.54) is 0 Å². The third kappa shape index (κ3) is 2.71. The quantitative estimate of drug-likeness (QED) is 0.630. The van der Waals surface area contributed by atoms with Gasteiger partial charge in [-0.05, 0) is 58.6 Å². The lowest BCUT2D eigenvalue weighted by Crippen LogP contribution is -2.30. The number of aromatic nitrogens is 4. The average Bonchev–Trinajstić information content (AvgIpc) is 3.15. The number of carbonyl (C=O) groups excluding carboxylic acids is 1. The number of carbonyl (C=O) groups is 1. The Morgan fingerprint density at radius 1 is 1.38 bits per heavy atom. The first kappa shape index (κ1) is 17.2. The Kier molecular flexibility index (Phi) is 4.28. The molecule has 9 heteroatoms. The highest BCUT2D eigenvalue weighted by atomic mass is 79.9. The van der Waals surface area contributed by atoms with Crippen molar-refractivity contribution < 1.29 is 9.53 Å². The number of anilines is 1. The number of esters is 1. The third-order valence-electron chi connectivity index (χ3n) is 4.14. The van der Waals surface area contributed by atoms with E-state index in [1.807, 2.05) is 39.0 Å². The number of nitrogens with one attached hydrogen (secondary N) is 1. The SMILES string of the molecule is CC1=C(C(=O)OC(C)C)C(c2c(Br)sc3ccccc23)n2nnnc2N1. The summed E-state index contributed by atoms with van der Waals surface area (Å²) in [6, 6.07) is 7.60. The van der Waals surface area contributed by atoms with Crippen LogP contribution in [0.4, 0.5) is 5.95 Å². The number of tetrazole rings is 1. The van der Waals surface area contributed by atoms with Gasteiger partial charge in [0.2, 0.25) is 5.95 Å². The smallest absolute Gasteiger partial charge is 0.338 e. The number of ether oxygens (including phenoxy) is 1. The normalized spacial score (nSPS) is 16.7. The molecule has 1 atom stereocenters. The van der Waals surface area contributed by atoms with Gasteiger partial charge in [0.05, 0.1) is 15.5 Å². The molecule has 4 rings (SSSR count). The first-order valence-corrected chi connectivity index (χ1v) is 9.72. The fourth-order valence-corrected chi connectivity index (χ4v) is 5.02. The topological polar surface area (TPSA) is 81.9 Å². The molecular formula is C17H16BrN5O2S. The fraction of sp³-hybridized carbons (Fsp3) is 0.294. The minimum Gasteiger partial charge on any atom is -0.459 e. The molecule has 1 aromatic carbocycles. The van der Waals surface area contributed by atoms with Crippen molar-refractivity contribution in [1.29, 1.82) is 0 Å². The maximum absolute atomic E-state index is 12.9. The summed E-state index contributed by atoms with van der Waals surface area (Å²) in [7, 11) is 0. The van der Waals surface area contributed by atoms with E-state index < -0.39 is 6.04 Å². The number of hydrogen-bond donors (Lipinski definition) is 1. The molecule has 1 unspecified atom stereocenters. The minimum atomic E-state index is -0.474. The van der Waals surface area contributed by atoms with Crippen molar-refractivity contribution in [1.82, 2.24) is 20.2 Å². The molecule has 0 saturated carbocycles. The first-order valence-electron chi connectivity index (χ1n) is 8.11. The number of nitrogens with zero attached hydrogens (tertiary/aromatic N) is 4. The Morgan fingerprint density at radius 3 is 2.92 bits per heavy atom. The molecule has 1 aliphatic heterocycles. The van der Waals surface area contributed by atoms with Crippen LogP contribution in [0.15, 0.2) is 39.3 Å². The van der Waals surface area contributed by atoms with E-state index in [1.54, 1.807) is 16.0 Å². The van der Waals surface area contributed by atoms with Crippen LogP contribution in [-0.2, 0) is 9.53 Å². The zero-order valence-electron chi connectivity index (χ0n) is 14.4. The molecule has 2 aromatic heterocycles. The molecule has 0 bridgehead atoms. The van der Waals surface area contributed by atoms with Gasteiger partial charge in [-0.1, -0.05) is 23.3 Å². The summed E-state index contributed by atoms with van der Waals surface area (Å²) < 4.78 is 9.19. The zero-order valence-corrected chi connectivity index (χ0v) is 16.8. The second-order valence-electron chi connectivity index (χ2n) is 6.25. The summed E-state index contributed by atoms with van der Waals surface area (Å²) in [5, 5.41) is 16.1. The van der Waals surface area contributed by atoms with Gasteiger partial charge in [0.25, 0.3) is 0 Å². The Labute approximate surface area is 162 Å². The lowest BCUT2D eigenvalue weighted by atomic mass is 9.95. The molecule has 0 spiro atoms. The van der Waals surface area contributed by atoms with Crippen LogP contribution in [0.2, 0.25) is 0 Å². The minimum absolute atomic E-state index is 0.221. The van der Waals surface area contributed by atoms with Gasteiger partial charge in [-0.3, -0.25) is 0 Å². The van der Waals surface area contributed by atoms with Gasteiger partial charge in [-0.2, -0.15) is 4.68 Å². The molecule has 0 amide bonds. The standard InChI is InChI=1S/C17H16BrN5O2S/c1-8(2)25-16(24)12-9(3)19-17-20-21-22-23(17)14(12)13-10-6-4-5-7-11(10)26-15(13)18/h4-8,14H,1-3H3,(H,19,20,22). The van der Waals surface area contributed by atoms with Gasteiger partial charge in [0.1, 0.15) is 6.04 Å². The second kappa shape index (κ2) is 6.48. The molecule has 3 aromatic rings. The van der Waals surface area contributed by atoms with Crippen LogP contribution in [0.25, 0.3) is 10.1 Å². The summed E-state index contributed by atoms with van der Waals surface area (Å²) in [6.45, 7) is 5.50. The maximum Gasteiger partial charge on any atom is 0.338 e. The molecule has 0 saturated heterocycles. The van der Waals surface area contributed by atoms with E-state index in [9.17, 15) is 4.79 Å². The Bertz CT molecular complexity index is 1040. The van der Waals surface area contributed by atoms with E-state index in [-0.39, 0.29) is 12.1 Å².